The summed E-state index contributed by atoms with van der Waals surface area (Å²) >= 11 is 1.81. The van der Waals surface area contributed by atoms with E-state index >= 15 is 0 Å². The number of thioether (sulfide) groups is 1. The van der Waals surface area contributed by atoms with Gasteiger partial charge in [0.05, 0.1) is 18.2 Å². The number of hydrogen-bond acceptors (Lipinski definition) is 4. The van der Waals surface area contributed by atoms with E-state index in [1.807, 2.05) is 36.0 Å². The molecule has 2 rings (SSSR count). The van der Waals surface area contributed by atoms with E-state index in [2.05, 4.69) is 44.1 Å². The van der Waals surface area contributed by atoms with Crippen LogP contribution in [0.25, 0.3) is 0 Å². The summed E-state index contributed by atoms with van der Waals surface area (Å²) in [6.45, 7) is 9.48. The molecular weight excluding hydrogens is 391 g/mol. The Hall–Kier alpha value is -0.366. The minimum absolute atomic E-state index is 0. The van der Waals surface area contributed by atoms with Gasteiger partial charge in [-0.2, -0.15) is 5.26 Å². The smallest absolute Gasteiger partial charge is 0.156 e. The van der Waals surface area contributed by atoms with Crippen LogP contribution in [0.3, 0.4) is 0 Å². The first kappa shape index (κ1) is 31.4. The second kappa shape index (κ2) is 17.5. The van der Waals surface area contributed by atoms with Crippen molar-refractivity contribution in [1.29, 1.82) is 5.26 Å². The number of rotatable bonds is 2. The molecule has 1 aliphatic rings. The van der Waals surface area contributed by atoms with Crippen LogP contribution in [0.5, 0.6) is 0 Å². The molecule has 24 heavy (non-hydrogen) atoms. The summed E-state index contributed by atoms with van der Waals surface area (Å²) in [6.07, 6.45) is 0. The van der Waals surface area contributed by atoms with Gasteiger partial charge >= 0.3 is 0 Å². The Balaban J connectivity index is -0.000000145. The average molecular weight is 426 g/mol. The van der Waals surface area contributed by atoms with Gasteiger partial charge in [0.2, 0.25) is 0 Å². The second-order valence-electron chi connectivity index (χ2n) is 5.23. The summed E-state index contributed by atoms with van der Waals surface area (Å²) in [6, 6.07) is 10.4. The normalized spacial score (nSPS) is 11.3. The zero-order valence-electron chi connectivity index (χ0n) is 13.3. The molecule has 3 nitrogen and oxygen atoms in total. The Labute approximate surface area is 180 Å². The molecular formula is C19H35N3SY. The molecule has 0 aromatic heterocycles. The van der Waals surface area contributed by atoms with E-state index in [0.29, 0.717) is 12.0 Å². The van der Waals surface area contributed by atoms with Crippen LogP contribution in [0.4, 0.5) is 0 Å². The van der Waals surface area contributed by atoms with E-state index in [4.69, 9.17) is 5.26 Å². The number of amidine groups is 1. The van der Waals surface area contributed by atoms with E-state index in [1.54, 1.807) is 0 Å². The molecule has 0 fully saturated rings. The third-order valence-electron chi connectivity index (χ3n) is 2.68. The van der Waals surface area contributed by atoms with Crippen molar-refractivity contribution in [1.82, 2.24) is 5.32 Å². The molecule has 0 saturated heterocycles. The van der Waals surface area contributed by atoms with Gasteiger partial charge in [-0.05, 0) is 37.5 Å². The summed E-state index contributed by atoms with van der Waals surface area (Å²) in [4.78, 5) is 4.24. The Bertz CT molecular complexity index is 494. The first-order chi connectivity index (χ1) is 9.52. The van der Waals surface area contributed by atoms with Crippen molar-refractivity contribution in [2.45, 2.75) is 61.9 Å². The molecule has 0 amide bonds. The first-order valence-corrected chi connectivity index (χ1v) is 7.95. The summed E-state index contributed by atoms with van der Waals surface area (Å²) in [5.74, 6) is 1.65. The standard InChI is InChI=1S/C10H11N.C6H12N2S.3CH4.Y/c1-8(2)10-5-3-4-9(6-10)7-11;1-5(2)8-6-7-3-4-9-6;;;;/h3-6,8H,1-2H3;5H,3-4H2,1-2H3,(H,7,8);3*1H4;. The van der Waals surface area contributed by atoms with Crippen molar-refractivity contribution in [2.24, 2.45) is 4.99 Å². The maximum absolute atomic E-state index is 8.59. The van der Waals surface area contributed by atoms with Crippen molar-refractivity contribution < 1.29 is 32.7 Å². The maximum atomic E-state index is 8.59. The summed E-state index contributed by atoms with van der Waals surface area (Å²) in [5.41, 5.74) is 1.97. The molecule has 1 aromatic carbocycles. The van der Waals surface area contributed by atoms with Crippen LogP contribution in [-0.4, -0.2) is 23.5 Å². The van der Waals surface area contributed by atoms with Crippen LogP contribution in [0.1, 0.15) is 67.0 Å². The molecule has 0 atom stereocenters. The van der Waals surface area contributed by atoms with Crippen molar-refractivity contribution in [2.75, 3.05) is 12.3 Å². The molecule has 0 spiro atoms. The van der Waals surface area contributed by atoms with Gasteiger partial charge in [0.15, 0.2) is 5.17 Å². The largest absolute Gasteiger partial charge is 0.363 e. The molecule has 0 bridgehead atoms. The SMILES string of the molecule is C.C.C.CC(C)NC1=NCCS1.CC(C)c1cccc(C#N)c1.[Y]. The fourth-order valence-electron chi connectivity index (χ4n) is 1.64. The molecule has 1 aromatic rings. The molecule has 1 N–H and O–H groups in total. The number of nitrogens with one attached hydrogen (secondary N) is 1. The third kappa shape index (κ3) is 13.0. The number of aliphatic imine (C=N–C) groups is 1. The van der Waals surface area contributed by atoms with Gasteiger partial charge in [-0.3, -0.25) is 4.99 Å². The number of benzene rings is 1. The maximum Gasteiger partial charge on any atom is 0.156 e. The topological polar surface area (TPSA) is 48.2 Å². The second-order valence-corrected chi connectivity index (χ2v) is 6.31. The van der Waals surface area contributed by atoms with Crippen molar-refractivity contribution in [3.8, 4) is 6.07 Å². The summed E-state index contributed by atoms with van der Waals surface area (Å²) < 4.78 is 0. The Morgan fingerprint density at radius 3 is 2.21 bits per heavy atom. The summed E-state index contributed by atoms with van der Waals surface area (Å²) in [5, 5.41) is 13.0. The monoisotopic (exact) mass is 426 g/mol. The predicted molar refractivity (Wildman–Crippen MR) is 108 cm³/mol. The fraction of sp³-hybridized carbons (Fsp3) is 0.579. The van der Waals surface area contributed by atoms with E-state index in [1.165, 1.54) is 5.56 Å². The molecule has 5 heteroatoms. The van der Waals surface area contributed by atoms with Crippen molar-refractivity contribution >= 4 is 16.9 Å². The third-order valence-corrected chi connectivity index (χ3v) is 3.59. The van der Waals surface area contributed by atoms with Crippen LogP contribution in [0.15, 0.2) is 29.3 Å². The van der Waals surface area contributed by atoms with Gasteiger partial charge in [0.25, 0.3) is 0 Å². The minimum Gasteiger partial charge on any atom is -0.363 e. The van der Waals surface area contributed by atoms with Crippen LogP contribution >= 0.6 is 11.8 Å². The van der Waals surface area contributed by atoms with Gasteiger partial charge < -0.3 is 5.32 Å². The predicted octanol–water partition coefficient (Wildman–Crippen LogP) is 5.67. The van der Waals surface area contributed by atoms with Gasteiger partial charge in [0.1, 0.15) is 0 Å². The molecule has 1 radical (unpaired) electrons. The number of hydrogen-bond donors (Lipinski definition) is 1. The van der Waals surface area contributed by atoms with Crippen LogP contribution in [-0.2, 0) is 32.7 Å². The zero-order chi connectivity index (χ0) is 15.0. The Morgan fingerprint density at radius 2 is 1.79 bits per heavy atom. The molecule has 0 saturated carbocycles. The van der Waals surface area contributed by atoms with Crippen LogP contribution in [0, 0.1) is 11.3 Å². The van der Waals surface area contributed by atoms with Gasteiger partial charge in [0, 0.05) is 44.5 Å². The summed E-state index contributed by atoms with van der Waals surface area (Å²) in [7, 11) is 0. The first-order valence-electron chi connectivity index (χ1n) is 6.96. The van der Waals surface area contributed by atoms with Gasteiger partial charge in [-0.1, -0.05) is 60.0 Å². The van der Waals surface area contributed by atoms with Crippen molar-refractivity contribution in [3.63, 3.8) is 0 Å². The molecule has 1 aliphatic heterocycles. The van der Waals surface area contributed by atoms with Crippen LogP contribution < -0.4 is 5.32 Å². The fourth-order valence-corrected chi connectivity index (χ4v) is 2.51. The van der Waals surface area contributed by atoms with Crippen molar-refractivity contribution in [3.05, 3.63) is 35.4 Å². The minimum atomic E-state index is 0. The van der Waals surface area contributed by atoms with E-state index in [0.717, 1.165) is 23.0 Å². The quantitative estimate of drug-likeness (QED) is 0.662. The Kier molecular flexibility index (Phi) is 22.8. The molecule has 1 heterocycles. The number of nitriles is 1. The van der Waals surface area contributed by atoms with E-state index < -0.39 is 0 Å². The van der Waals surface area contributed by atoms with Gasteiger partial charge in [-0.15, -0.1) is 0 Å². The Morgan fingerprint density at radius 1 is 1.17 bits per heavy atom. The number of nitrogens with zero attached hydrogens (tertiary/aromatic N) is 2. The average Bonchev–Trinajstić information content (AvgIpc) is 2.91. The molecule has 0 unspecified atom stereocenters. The van der Waals surface area contributed by atoms with E-state index in [-0.39, 0.29) is 55.0 Å². The molecule has 135 valence electrons. The van der Waals surface area contributed by atoms with Gasteiger partial charge in [-0.25, -0.2) is 0 Å². The molecule has 0 aliphatic carbocycles. The van der Waals surface area contributed by atoms with E-state index in [9.17, 15) is 0 Å². The zero-order valence-corrected chi connectivity index (χ0v) is 16.9. The van der Waals surface area contributed by atoms with Crippen LogP contribution in [0.2, 0.25) is 0 Å².